The first-order valence-electron chi connectivity index (χ1n) is 3.51. The number of thiophene rings is 1. The van der Waals surface area contributed by atoms with Crippen LogP contribution >= 0.6 is 11.3 Å². The number of oxazole rings is 1. The van der Waals surface area contributed by atoms with Crippen LogP contribution in [-0.2, 0) is 0 Å². The summed E-state index contributed by atoms with van der Waals surface area (Å²) < 4.78 is 5.10. The number of hydrogen-bond acceptors (Lipinski definition) is 5. The molecular formula is C8H5N3OS. The molecule has 2 aromatic heterocycles. The van der Waals surface area contributed by atoms with Crippen molar-refractivity contribution in [1.82, 2.24) is 4.98 Å². The minimum Gasteiger partial charge on any atom is -0.419 e. The minimum absolute atomic E-state index is 0.0749. The maximum Gasteiger partial charge on any atom is 0.240 e. The zero-order valence-electron chi connectivity index (χ0n) is 6.52. The lowest BCUT2D eigenvalue weighted by Crippen LogP contribution is -1.83. The Morgan fingerprint density at radius 2 is 2.46 bits per heavy atom. The summed E-state index contributed by atoms with van der Waals surface area (Å²) in [7, 11) is 0. The summed E-state index contributed by atoms with van der Waals surface area (Å²) in [6.07, 6.45) is 0. The van der Waals surface area contributed by atoms with Crippen molar-refractivity contribution in [3.8, 4) is 16.8 Å². The van der Waals surface area contributed by atoms with E-state index in [9.17, 15) is 0 Å². The van der Waals surface area contributed by atoms with Gasteiger partial charge in [-0.15, -0.1) is 11.3 Å². The Hall–Kier alpha value is -1.80. The number of nitrogen functional groups attached to an aromatic ring is 1. The lowest BCUT2D eigenvalue weighted by atomic mass is 10.4. The number of aromatic nitrogens is 1. The molecule has 0 fully saturated rings. The number of anilines is 1. The fourth-order valence-corrected chi connectivity index (χ4v) is 1.57. The van der Waals surface area contributed by atoms with Gasteiger partial charge in [-0.25, -0.2) is 0 Å². The highest BCUT2D eigenvalue weighted by atomic mass is 32.1. The van der Waals surface area contributed by atoms with Gasteiger partial charge in [0.2, 0.25) is 17.5 Å². The number of nitriles is 1. The van der Waals surface area contributed by atoms with E-state index in [4.69, 9.17) is 15.4 Å². The molecule has 2 aromatic rings. The van der Waals surface area contributed by atoms with Crippen molar-refractivity contribution in [1.29, 1.82) is 5.26 Å². The molecule has 0 saturated carbocycles. The van der Waals surface area contributed by atoms with Crippen LogP contribution in [0.15, 0.2) is 21.9 Å². The fraction of sp³-hybridized carbons (Fsp3) is 0. The van der Waals surface area contributed by atoms with Gasteiger partial charge in [-0.2, -0.15) is 10.2 Å². The highest BCUT2D eigenvalue weighted by molar-refractivity contribution is 7.13. The van der Waals surface area contributed by atoms with E-state index in [1.54, 1.807) is 0 Å². The van der Waals surface area contributed by atoms with Crippen LogP contribution in [0, 0.1) is 11.3 Å². The summed E-state index contributed by atoms with van der Waals surface area (Å²) >= 11 is 1.49. The Balaban J connectivity index is 2.50. The van der Waals surface area contributed by atoms with Crippen molar-refractivity contribution in [2.75, 3.05) is 5.73 Å². The van der Waals surface area contributed by atoms with E-state index in [1.807, 2.05) is 23.6 Å². The smallest absolute Gasteiger partial charge is 0.240 e. The third-order valence-electron chi connectivity index (χ3n) is 1.49. The highest BCUT2D eigenvalue weighted by Gasteiger charge is 2.11. The number of rotatable bonds is 1. The van der Waals surface area contributed by atoms with Crippen LogP contribution in [0.5, 0.6) is 0 Å². The number of nitrogens with zero attached hydrogens (tertiary/aromatic N) is 2. The van der Waals surface area contributed by atoms with Gasteiger partial charge >= 0.3 is 0 Å². The first-order chi connectivity index (χ1) is 6.31. The van der Waals surface area contributed by atoms with Gasteiger partial charge in [-0.3, -0.25) is 0 Å². The average Bonchev–Trinajstić information content (AvgIpc) is 2.71. The summed E-state index contributed by atoms with van der Waals surface area (Å²) in [6.45, 7) is 0. The van der Waals surface area contributed by atoms with Gasteiger partial charge in [0.15, 0.2) is 0 Å². The van der Waals surface area contributed by atoms with E-state index in [0.717, 1.165) is 4.88 Å². The molecule has 4 nitrogen and oxygen atoms in total. The second-order valence-electron chi connectivity index (χ2n) is 2.32. The molecule has 64 valence electrons. The highest BCUT2D eigenvalue weighted by Crippen LogP contribution is 2.26. The molecule has 0 bridgehead atoms. The molecule has 0 unspecified atom stereocenters. The van der Waals surface area contributed by atoms with E-state index in [-0.39, 0.29) is 11.6 Å². The van der Waals surface area contributed by atoms with Crippen molar-refractivity contribution < 1.29 is 4.42 Å². The van der Waals surface area contributed by atoms with Gasteiger partial charge in [0.1, 0.15) is 6.07 Å². The zero-order valence-corrected chi connectivity index (χ0v) is 7.34. The molecule has 0 aliphatic rings. The van der Waals surface area contributed by atoms with Gasteiger partial charge in [0, 0.05) is 0 Å². The molecule has 0 aliphatic carbocycles. The Morgan fingerprint density at radius 3 is 3.00 bits per heavy atom. The second kappa shape index (κ2) is 2.92. The van der Waals surface area contributed by atoms with Crippen LogP contribution in [0.2, 0.25) is 0 Å². The standard InChI is InChI=1S/C8H5N3OS/c9-4-5-7(10)12-8(11-5)6-2-1-3-13-6/h1-3H,10H2. The van der Waals surface area contributed by atoms with E-state index < -0.39 is 0 Å². The number of nitrogens with two attached hydrogens (primary N) is 1. The lowest BCUT2D eigenvalue weighted by molar-refractivity contribution is 0.595. The summed E-state index contributed by atoms with van der Waals surface area (Å²) in [6, 6.07) is 5.59. The summed E-state index contributed by atoms with van der Waals surface area (Å²) in [5.41, 5.74) is 5.55. The van der Waals surface area contributed by atoms with Crippen molar-refractivity contribution in [2.24, 2.45) is 0 Å². The summed E-state index contributed by atoms with van der Waals surface area (Å²) in [4.78, 5) is 4.80. The molecule has 0 atom stereocenters. The molecule has 0 aliphatic heterocycles. The van der Waals surface area contributed by atoms with Gasteiger partial charge in [0.25, 0.3) is 0 Å². The molecular weight excluding hydrogens is 186 g/mol. The molecule has 2 N–H and O–H groups in total. The third-order valence-corrected chi connectivity index (χ3v) is 2.35. The quantitative estimate of drug-likeness (QED) is 0.746. The SMILES string of the molecule is N#Cc1nc(-c2cccs2)oc1N. The molecule has 2 heterocycles. The Kier molecular flexibility index (Phi) is 1.76. The van der Waals surface area contributed by atoms with Crippen LogP contribution in [0.3, 0.4) is 0 Å². The minimum atomic E-state index is 0.0749. The monoisotopic (exact) mass is 191 g/mol. The normalized spacial score (nSPS) is 9.77. The second-order valence-corrected chi connectivity index (χ2v) is 3.27. The molecule has 13 heavy (non-hydrogen) atoms. The Bertz CT molecular complexity index is 452. The van der Waals surface area contributed by atoms with E-state index in [0.29, 0.717) is 5.89 Å². The first-order valence-corrected chi connectivity index (χ1v) is 4.39. The van der Waals surface area contributed by atoms with Crippen LogP contribution < -0.4 is 5.73 Å². The Labute approximate surface area is 78.2 Å². The topological polar surface area (TPSA) is 75.8 Å². The fourth-order valence-electron chi connectivity index (χ4n) is 0.918. The molecule has 0 spiro atoms. The number of hydrogen-bond donors (Lipinski definition) is 1. The van der Waals surface area contributed by atoms with Crippen molar-refractivity contribution in [3.63, 3.8) is 0 Å². The molecule has 0 radical (unpaired) electrons. The maximum atomic E-state index is 8.58. The third kappa shape index (κ3) is 1.27. The average molecular weight is 191 g/mol. The molecule has 5 heteroatoms. The maximum absolute atomic E-state index is 8.58. The van der Waals surface area contributed by atoms with Crippen molar-refractivity contribution in [2.45, 2.75) is 0 Å². The first kappa shape index (κ1) is 7.83. The molecule has 0 amide bonds. The van der Waals surface area contributed by atoms with Crippen LogP contribution in [0.4, 0.5) is 5.88 Å². The molecule has 0 aromatic carbocycles. The van der Waals surface area contributed by atoms with Gasteiger partial charge in [0.05, 0.1) is 4.88 Å². The predicted molar refractivity (Wildman–Crippen MR) is 48.9 cm³/mol. The van der Waals surface area contributed by atoms with E-state index >= 15 is 0 Å². The summed E-state index contributed by atoms with van der Waals surface area (Å²) in [5, 5.41) is 10.5. The predicted octanol–water partition coefficient (Wildman–Crippen LogP) is 1.86. The van der Waals surface area contributed by atoms with Gasteiger partial charge in [-0.05, 0) is 11.4 Å². The molecule has 2 rings (SSSR count). The largest absolute Gasteiger partial charge is 0.419 e. The summed E-state index contributed by atoms with van der Waals surface area (Å²) in [5.74, 6) is 0.481. The van der Waals surface area contributed by atoms with Crippen molar-refractivity contribution >= 4 is 17.2 Å². The van der Waals surface area contributed by atoms with Crippen LogP contribution in [0.1, 0.15) is 5.69 Å². The molecule has 0 saturated heterocycles. The van der Waals surface area contributed by atoms with E-state index in [2.05, 4.69) is 4.98 Å². The van der Waals surface area contributed by atoms with Crippen LogP contribution in [-0.4, -0.2) is 4.98 Å². The van der Waals surface area contributed by atoms with Gasteiger partial charge < -0.3 is 10.2 Å². The lowest BCUT2D eigenvalue weighted by Gasteiger charge is -1.84. The van der Waals surface area contributed by atoms with Crippen LogP contribution in [0.25, 0.3) is 10.8 Å². The van der Waals surface area contributed by atoms with Gasteiger partial charge in [-0.1, -0.05) is 6.07 Å². The zero-order chi connectivity index (χ0) is 9.26. The van der Waals surface area contributed by atoms with E-state index in [1.165, 1.54) is 11.3 Å². The van der Waals surface area contributed by atoms with Crippen molar-refractivity contribution in [3.05, 3.63) is 23.2 Å². The Morgan fingerprint density at radius 1 is 1.62 bits per heavy atom.